The minimum absolute atomic E-state index is 0.649. The first kappa shape index (κ1) is 16.9. The van der Waals surface area contributed by atoms with Crippen molar-refractivity contribution in [2.75, 3.05) is 26.3 Å². The van der Waals surface area contributed by atoms with Gasteiger partial charge >= 0.3 is 0 Å². The van der Waals surface area contributed by atoms with Gasteiger partial charge in [0, 0.05) is 13.2 Å². The maximum atomic E-state index is 5.50. The molecule has 0 aliphatic carbocycles. The fourth-order valence-corrected chi connectivity index (χ4v) is 1.74. The van der Waals surface area contributed by atoms with Gasteiger partial charge in [-0.2, -0.15) is 0 Å². The van der Waals surface area contributed by atoms with Gasteiger partial charge in [0.05, 0.1) is 6.61 Å². The Morgan fingerprint density at radius 3 is 2.18 bits per heavy atom. The van der Waals surface area contributed by atoms with E-state index in [1.165, 1.54) is 32.1 Å². The Morgan fingerprint density at radius 1 is 0.824 bits per heavy atom. The standard InChI is InChI=1S/C15H33NO/c1-14(2)9-7-5-6-8-10-16-11-12-17-13-15(3)4/h14-16H,5-13H2,1-4H3. The molecule has 0 aliphatic rings. The molecule has 0 aromatic rings. The zero-order valence-corrected chi connectivity index (χ0v) is 12.4. The molecule has 0 saturated heterocycles. The second-order valence-electron chi connectivity index (χ2n) is 5.82. The molecule has 0 fully saturated rings. The van der Waals surface area contributed by atoms with Crippen molar-refractivity contribution in [1.29, 1.82) is 0 Å². The van der Waals surface area contributed by atoms with E-state index in [4.69, 9.17) is 4.74 Å². The highest BCUT2D eigenvalue weighted by Crippen LogP contribution is 2.08. The summed E-state index contributed by atoms with van der Waals surface area (Å²) in [5.74, 6) is 1.52. The predicted molar refractivity (Wildman–Crippen MR) is 76.4 cm³/mol. The predicted octanol–water partition coefficient (Wildman–Crippen LogP) is 3.86. The Bertz CT molecular complexity index is 130. The molecule has 0 bridgehead atoms. The Hall–Kier alpha value is -0.0800. The van der Waals surface area contributed by atoms with Crippen molar-refractivity contribution >= 4 is 0 Å². The van der Waals surface area contributed by atoms with Crippen molar-refractivity contribution in [1.82, 2.24) is 5.32 Å². The maximum absolute atomic E-state index is 5.50. The van der Waals surface area contributed by atoms with Gasteiger partial charge in [-0.15, -0.1) is 0 Å². The average molecular weight is 243 g/mol. The van der Waals surface area contributed by atoms with Crippen molar-refractivity contribution < 1.29 is 4.74 Å². The van der Waals surface area contributed by atoms with E-state index in [-0.39, 0.29) is 0 Å². The number of nitrogens with one attached hydrogen (secondary N) is 1. The van der Waals surface area contributed by atoms with Gasteiger partial charge in [-0.05, 0) is 24.8 Å². The second kappa shape index (κ2) is 12.4. The summed E-state index contributed by atoms with van der Waals surface area (Å²) in [5.41, 5.74) is 0. The molecule has 0 amide bonds. The summed E-state index contributed by atoms with van der Waals surface area (Å²) in [4.78, 5) is 0. The molecule has 0 aromatic heterocycles. The van der Waals surface area contributed by atoms with Crippen LogP contribution < -0.4 is 5.32 Å². The third-order valence-electron chi connectivity index (χ3n) is 2.76. The van der Waals surface area contributed by atoms with Crippen LogP contribution in [0.15, 0.2) is 0 Å². The molecule has 0 aliphatic heterocycles. The lowest BCUT2D eigenvalue weighted by Crippen LogP contribution is -2.21. The van der Waals surface area contributed by atoms with Gasteiger partial charge in [-0.25, -0.2) is 0 Å². The molecule has 2 heteroatoms. The van der Waals surface area contributed by atoms with Crippen LogP contribution in [0.4, 0.5) is 0 Å². The van der Waals surface area contributed by atoms with E-state index in [1.807, 2.05) is 0 Å². The minimum atomic E-state index is 0.649. The van der Waals surface area contributed by atoms with Crippen LogP contribution in [0.2, 0.25) is 0 Å². The summed E-state index contributed by atoms with van der Waals surface area (Å²) in [5, 5.41) is 3.43. The van der Waals surface area contributed by atoms with E-state index in [0.717, 1.165) is 32.2 Å². The normalized spacial score (nSPS) is 11.6. The molecule has 2 nitrogen and oxygen atoms in total. The van der Waals surface area contributed by atoms with Crippen molar-refractivity contribution in [3.63, 3.8) is 0 Å². The van der Waals surface area contributed by atoms with Gasteiger partial charge in [0.25, 0.3) is 0 Å². The van der Waals surface area contributed by atoms with Crippen LogP contribution in [-0.2, 0) is 4.74 Å². The Morgan fingerprint density at radius 2 is 1.53 bits per heavy atom. The van der Waals surface area contributed by atoms with Crippen molar-refractivity contribution in [3.05, 3.63) is 0 Å². The number of hydrogen-bond donors (Lipinski definition) is 1. The third-order valence-corrected chi connectivity index (χ3v) is 2.76. The molecule has 0 unspecified atom stereocenters. The topological polar surface area (TPSA) is 21.3 Å². The van der Waals surface area contributed by atoms with Gasteiger partial charge in [0.2, 0.25) is 0 Å². The molecule has 0 spiro atoms. The van der Waals surface area contributed by atoms with Crippen molar-refractivity contribution in [2.24, 2.45) is 11.8 Å². The fraction of sp³-hybridized carbons (Fsp3) is 1.00. The molecule has 104 valence electrons. The maximum Gasteiger partial charge on any atom is 0.0591 e. The van der Waals surface area contributed by atoms with Crippen LogP contribution in [0.1, 0.15) is 59.8 Å². The fourth-order valence-electron chi connectivity index (χ4n) is 1.74. The molecular weight excluding hydrogens is 210 g/mol. The molecule has 1 N–H and O–H groups in total. The summed E-state index contributed by atoms with van der Waals surface area (Å²) >= 11 is 0. The van der Waals surface area contributed by atoms with Crippen molar-refractivity contribution in [3.8, 4) is 0 Å². The SMILES string of the molecule is CC(C)CCCCCCNCCOCC(C)C. The smallest absolute Gasteiger partial charge is 0.0591 e. The van der Waals surface area contributed by atoms with E-state index in [1.54, 1.807) is 0 Å². The van der Waals surface area contributed by atoms with Crippen molar-refractivity contribution in [2.45, 2.75) is 59.8 Å². The molecule has 0 heterocycles. The van der Waals surface area contributed by atoms with Gasteiger partial charge < -0.3 is 10.1 Å². The minimum Gasteiger partial charge on any atom is -0.380 e. The van der Waals surface area contributed by atoms with E-state index < -0.39 is 0 Å². The van der Waals surface area contributed by atoms with Gasteiger partial charge in [0.15, 0.2) is 0 Å². The molecule has 0 aromatic carbocycles. The molecule has 0 rings (SSSR count). The monoisotopic (exact) mass is 243 g/mol. The lowest BCUT2D eigenvalue weighted by molar-refractivity contribution is 0.112. The van der Waals surface area contributed by atoms with Crippen LogP contribution in [0.25, 0.3) is 0 Å². The lowest BCUT2D eigenvalue weighted by Gasteiger charge is -2.08. The number of rotatable bonds is 12. The number of unbranched alkanes of at least 4 members (excludes halogenated alkanes) is 3. The summed E-state index contributed by atoms with van der Waals surface area (Å²) < 4.78 is 5.50. The molecular formula is C15H33NO. The first-order valence-electron chi connectivity index (χ1n) is 7.41. The highest BCUT2D eigenvalue weighted by atomic mass is 16.5. The molecule has 17 heavy (non-hydrogen) atoms. The average Bonchev–Trinajstić information content (AvgIpc) is 2.25. The van der Waals surface area contributed by atoms with E-state index in [0.29, 0.717) is 5.92 Å². The Labute approximate surface area is 109 Å². The van der Waals surface area contributed by atoms with Crippen LogP contribution in [-0.4, -0.2) is 26.3 Å². The van der Waals surface area contributed by atoms with Crippen LogP contribution in [0, 0.1) is 11.8 Å². The van der Waals surface area contributed by atoms with E-state index >= 15 is 0 Å². The van der Waals surface area contributed by atoms with Crippen LogP contribution in [0.5, 0.6) is 0 Å². The van der Waals surface area contributed by atoms with Gasteiger partial charge in [-0.3, -0.25) is 0 Å². The highest BCUT2D eigenvalue weighted by molar-refractivity contribution is 4.51. The van der Waals surface area contributed by atoms with Gasteiger partial charge in [-0.1, -0.05) is 53.4 Å². The molecule has 0 atom stereocenters. The van der Waals surface area contributed by atoms with E-state index in [2.05, 4.69) is 33.0 Å². The third kappa shape index (κ3) is 15.9. The Kier molecular flexibility index (Phi) is 12.3. The first-order chi connectivity index (χ1) is 8.13. The summed E-state index contributed by atoms with van der Waals surface area (Å²) in [7, 11) is 0. The lowest BCUT2D eigenvalue weighted by atomic mass is 10.0. The van der Waals surface area contributed by atoms with Crippen LogP contribution in [0.3, 0.4) is 0 Å². The number of ether oxygens (including phenoxy) is 1. The zero-order chi connectivity index (χ0) is 12.9. The van der Waals surface area contributed by atoms with Crippen LogP contribution >= 0.6 is 0 Å². The second-order valence-corrected chi connectivity index (χ2v) is 5.82. The number of hydrogen-bond acceptors (Lipinski definition) is 2. The van der Waals surface area contributed by atoms with E-state index in [9.17, 15) is 0 Å². The quantitative estimate of drug-likeness (QED) is 0.526. The summed E-state index contributed by atoms with van der Waals surface area (Å²) in [6.45, 7) is 12.9. The summed E-state index contributed by atoms with van der Waals surface area (Å²) in [6, 6.07) is 0. The molecule has 0 radical (unpaired) electrons. The highest BCUT2D eigenvalue weighted by Gasteiger charge is 1.95. The zero-order valence-electron chi connectivity index (χ0n) is 12.4. The summed E-state index contributed by atoms with van der Waals surface area (Å²) in [6.07, 6.45) is 6.85. The first-order valence-corrected chi connectivity index (χ1v) is 7.41. The van der Waals surface area contributed by atoms with Gasteiger partial charge in [0.1, 0.15) is 0 Å². The Balaban J connectivity index is 2.94. The molecule has 0 saturated carbocycles. The largest absolute Gasteiger partial charge is 0.380 e.